The smallest absolute Gasteiger partial charge is 0.325 e. The Kier molecular flexibility index (Phi) is 6.28. The van der Waals surface area contributed by atoms with Crippen molar-refractivity contribution < 1.29 is 14.7 Å². The summed E-state index contributed by atoms with van der Waals surface area (Å²) in [5.74, 6) is -0.107. The van der Waals surface area contributed by atoms with Gasteiger partial charge >= 0.3 is 5.97 Å². The predicted octanol–water partition coefficient (Wildman–Crippen LogP) is 1.55. The second-order valence-corrected chi connectivity index (χ2v) is 5.02. The summed E-state index contributed by atoms with van der Waals surface area (Å²) in [4.78, 5) is 21.9. The van der Waals surface area contributed by atoms with Crippen LogP contribution in [0, 0.1) is 0 Å². The van der Waals surface area contributed by atoms with Crippen LogP contribution in [0.4, 0.5) is 0 Å². The minimum atomic E-state index is -1.02. The van der Waals surface area contributed by atoms with Gasteiger partial charge in [-0.25, -0.2) is 0 Å². The molecule has 1 amide bonds. The highest BCUT2D eigenvalue weighted by atomic mass is 32.2. The highest BCUT2D eigenvalue weighted by molar-refractivity contribution is 7.99. The van der Waals surface area contributed by atoms with E-state index in [-0.39, 0.29) is 5.91 Å². The molecular weight excluding hydrogens is 250 g/mol. The fourth-order valence-electron chi connectivity index (χ4n) is 1.34. The van der Waals surface area contributed by atoms with Gasteiger partial charge in [0.05, 0.1) is 5.75 Å². The fraction of sp³-hybridized carbons (Fsp3) is 0.385. The number of carboxylic acid groups (broad SMARTS) is 1. The maximum Gasteiger partial charge on any atom is 0.325 e. The Morgan fingerprint density at radius 2 is 2.00 bits per heavy atom. The van der Waals surface area contributed by atoms with Gasteiger partial charge in [0, 0.05) is 0 Å². The zero-order valence-electron chi connectivity index (χ0n) is 10.3. The van der Waals surface area contributed by atoms with Crippen molar-refractivity contribution >= 4 is 23.6 Å². The Morgan fingerprint density at radius 3 is 2.61 bits per heavy atom. The lowest BCUT2D eigenvalue weighted by Crippen LogP contribution is -2.39. The van der Waals surface area contributed by atoms with E-state index >= 15 is 0 Å². The second-order valence-electron chi connectivity index (χ2n) is 3.92. The number of amides is 1. The zero-order chi connectivity index (χ0) is 13.4. The van der Waals surface area contributed by atoms with E-state index in [1.165, 1.54) is 24.2 Å². The molecule has 0 heterocycles. The zero-order valence-corrected chi connectivity index (χ0v) is 11.1. The molecule has 0 aliphatic carbocycles. The minimum Gasteiger partial charge on any atom is -0.480 e. The van der Waals surface area contributed by atoms with Gasteiger partial charge in [-0.15, -0.1) is 0 Å². The van der Waals surface area contributed by atoms with Crippen molar-refractivity contribution in [2.45, 2.75) is 19.4 Å². The molecule has 1 aromatic carbocycles. The highest BCUT2D eigenvalue weighted by Gasteiger charge is 2.13. The van der Waals surface area contributed by atoms with Gasteiger partial charge in [-0.1, -0.05) is 30.3 Å². The molecule has 0 saturated carbocycles. The van der Waals surface area contributed by atoms with Crippen molar-refractivity contribution in [1.82, 2.24) is 5.32 Å². The molecule has 0 aromatic heterocycles. The third-order valence-corrected chi connectivity index (χ3v) is 3.32. The number of hydrogen-bond donors (Lipinski definition) is 2. The van der Waals surface area contributed by atoms with E-state index in [4.69, 9.17) is 5.11 Å². The summed E-state index contributed by atoms with van der Waals surface area (Å²) in [6, 6.07) is 9.22. The molecule has 0 radical (unpaired) electrons. The monoisotopic (exact) mass is 267 g/mol. The molecule has 1 unspecified atom stereocenters. The van der Waals surface area contributed by atoms with Gasteiger partial charge in [0.1, 0.15) is 6.04 Å². The molecule has 2 N–H and O–H groups in total. The van der Waals surface area contributed by atoms with E-state index < -0.39 is 12.0 Å². The third kappa shape index (κ3) is 5.72. The Balaban J connectivity index is 2.14. The first-order valence-corrected chi connectivity index (χ1v) is 6.89. The van der Waals surface area contributed by atoms with E-state index in [2.05, 4.69) is 5.32 Å². The van der Waals surface area contributed by atoms with Crippen LogP contribution in [0.25, 0.3) is 0 Å². The van der Waals surface area contributed by atoms with Crippen LogP contribution in [-0.4, -0.2) is 34.5 Å². The van der Waals surface area contributed by atoms with Crippen LogP contribution in [0.5, 0.6) is 0 Å². The number of rotatable bonds is 7. The molecule has 1 aromatic rings. The molecular formula is C13H17NO3S. The van der Waals surface area contributed by atoms with Crippen molar-refractivity contribution in [2.75, 3.05) is 11.5 Å². The maximum absolute atomic E-state index is 11.4. The molecule has 0 fully saturated rings. The maximum atomic E-state index is 11.4. The van der Waals surface area contributed by atoms with Crippen LogP contribution in [0.15, 0.2) is 30.3 Å². The summed E-state index contributed by atoms with van der Waals surface area (Å²) in [5.41, 5.74) is 1.24. The standard InChI is InChI=1S/C13H17NO3S/c1-10(13(16)17)14-12(15)9-18-8-7-11-5-3-2-4-6-11/h2-6,10H,7-9H2,1H3,(H,14,15)(H,16,17). The summed E-state index contributed by atoms with van der Waals surface area (Å²) in [5, 5.41) is 11.0. The van der Waals surface area contributed by atoms with Crippen LogP contribution in [0.1, 0.15) is 12.5 Å². The quantitative estimate of drug-likeness (QED) is 0.736. The Bertz CT molecular complexity index is 394. The third-order valence-electron chi connectivity index (χ3n) is 2.36. The van der Waals surface area contributed by atoms with Crippen LogP contribution >= 0.6 is 11.8 Å². The molecule has 0 saturated heterocycles. The number of carboxylic acids is 1. The molecule has 0 bridgehead atoms. The second kappa shape index (κ2) is 7.76. The fourth-order valence-corrected chi connectivity index (χ4v) is 2.14. The van der Waals surface area contributed by atoms with E-state index in [9.17, 15) is 9.59 Å². The first-order chi connectivity index (χ1) is 8.59. The topological polar surface area (TPSA) is 66.4 Å². The average Bonchev–Trinajstić information content (AvgIpc) is 2.35. The van der Waals surface area contributed by atoms with Gasteiger partial charge in [-0.05, 0) is 24.7 Å². The number of aryl methyl sites for hydroxylation is 1. The Morgan fingerprint density at radius 1 is 1.33 bits per heavy atom. The van der Waals surface area contributed by atoms with Gasteiger partial charge in [0.2, 0.25) is 5.91 Å². The summed E-state index contributed by atoms with van der Waals surface area (Å²) < 4.78 is 0. The molecule has 4 nitrogen and oxygen atoms in total. The number of benzene rings is 1. The molecule has 0 spiro atoms. The van der Waals surface area contributed by atoms with Crippen molar-refractivity contribution in [3.05, 3.63) is 35.9 Å². The molecule has 0 aliphatic heterocycles. The van der Waals surface area contributed by atoms with Crippen LogP contribution in [0.3, 0.4) is 0 Å². The molecule has 0 aliphatic rings. The van der Waals surface area contributed by atoms with Crippen molar-refractivity contribution in [1.29, 1.82) is 0 Å². The highest BCUT2D eigenvalue weighted by Crippen LogP contribution is 2.06. The number of thioether (sulfide) groups is 1. The first kappa shape index (κ1) is 14.6. The number of carbonyl (C=O) groups is 2. The lowest BCUT2D eigenvalue weighted by Gasteiger charge is -2.08. The van der Waals surface area contributed by atoms with E-state index in [0.29, 0.717) is 5.75 Å². The normalized spacial score (nSPS) is 11.8. The Hall–Kier alpha value is -1.49. The number of aliphatic carboxylic acids is 1. The molecule has 18 heavy (non-hydrogen) atoms. The van der Waals surface area contributed by atoms with Gasteiger partial charge in [-0.3, -0.25) is 9.59 Å². The minimum absolute atomic E-state index is 0.233. The SMILES string of the molecule is CC(NC(=O)CSCCc1ccccc1)C(=O)O. The van der Waals surface area contributed by atoms with Gasteiger partial charge in [-0.2, -0.15) is 11.8 Å². The van der Waals surface area contributed by atoms with Crippen molar-refractivity contribution in [2.24, 2.45) is 0 Å². The molecule has 1 rings (SSSR count). The number of nitrogens with one attached hydrogen (secondary N) is 1. The largest absolute Gasteiger partial charge is 0.480 e. The Labute approximate surface area is 111 Å². The van der Waals surface area contributed by atoms with E-state index in [0.717, 1.165) is 12.2 Å². The number of hydrogen-bond acceptors (Lipinski definition) is 3. The summed E-state index contributed by atoms with van der Waals surface area (Å²) in [6.07, 6.45) is 0.910. The molecule has 1 atom stereocenters. The summed E-state index contributed by atoms with van der Waals surface area (Å²) in [6.45, 7) is 1.45. The van der Waals surface area contributed by atoms with Crippen LogP contribution in [0.2, 0.25) is 0 Å². The average molecular weight is 267 g/mol. The summed E-state index contributed by atoms with van der Waals surface area (Å²) in [7, 11) is 0. The predicted molar refractivity (Wildman–Crippen MR) is 72.7 cm³/mol. The van der Waals surface area contributed by atoms with E-state index in [1.807, 2.05) is 30.3 Å². The van der Waals surface area contributed by atoms with Gasteiger partial charge < -0.3 is 10.4 Å². The van der Waals surface area contributed by atoms with Crippen LogP contribution in [-0.2, 0) is 16.0 Å². The van der Waals surface area contributed by atoms with Crippen LogP contribution < -0.4 is 5.32 Å². The first-order valence-electron chi connectivity index (χ1n) is 5.73. The van der Waals surface area contributed by atoms with Gasteiger partial charge in [0.25, 0.3) is 0 Å². The number of carbonyl (C=O) groups excluding carboxylic acids is 1. The lowest BCUT2D eigenvalue weighted by atomic mass is 10.2. The lowest BCUT2D eigenvalue weighted by molar-refractivity contribution is -0.140. The van der Waals surface area contributed by atoms with Crippen molar-refractivity contribution in [3.63, 3.8) is 0 Å². The van der Waals surface area contributed by atoms with Gasteiger partial charge in [0.15, 0.2) is 0 Å². The van der Waals surface area contributed by atoms with E-state index in [1.54, 1.807) is 0 Å². The molecule has 5 heteroatoms. The molecule has 98 valence electrons. The van der Waals surface area contributed by atoms with Crippen molar-refractivity contribution in [3.8, 4) is 0 Å². The summed E-state index contributed by atoms with van der Waals surface area (Å²) >= 11 is 1.50.